The second kappa shape index (κ2) is 4.53. The molecule has 0 fully saturated rings. The van der Waals surface area contributed by atoms with Gasteiger partial charge >= 0.3 is 0 Å². The minimum absolute atomic E-state index is 0.222. The van der Waals surface area contributed by atoms with Crippen LogP contribution in [0.1, 0.15) is 5.56 Å². The van der Waals surface area contributed by atoms with Crippen LogP contribution in [0.3, 0.4) is 0 Å². The van der Waals surface area contributed by atoms with Crippen molar-refractivity contribution in [3.63, 3.8) is 0 Å². The number of aromatic nitrogens is 3. The smallest absolute Gasteiger partial charge is 0.263 e. The fraction of sp³-hybridized carbons (Fsp3) is 0.0714. The number of hydrogen-bond donors (Lipinski definition) is 1. The Hall–Kier alpha value is -2.69. The molecule has 5 nitrogen and oxygen atoms in total. The van der Waals surface area contributed by atoms with Crippen LogP contribution in [-0.2, 0) is 0 Å². The van der Waals surface area contributed by atoms with E-state index in [0.717, 1.165) is 11.1 Å². The first-order valence-electron chi connectivity index (χ1n) is 5.83. The molecule has 0 saturated heterocycles. The lowest BCUT2D eigenvalue weighted by atomic mass is 10.1. The van der Waals surface area contributed by atoms with Crippen LogP contribution in [0.25, 0.3) is 22.8 Å². The lowest BCUT2D eigenvalue weighted by molar-refractivity contribution is 0.432. The molecule has 0 bridgehead atoms. The normalized spacial score (nSPS) is 10.6. The van der Waals surface area contributed by atoms with E-state index >= 15 is 0 Å². The molecule has 0 saturated carbocycles. The van der Waals surface area contributed by atoms with Crippen molar-refractivity contribution in [3.05, 3.63) is 58.5 Å². The Morgan fingerprint density at radius 3 is 2.68 bits per heavy atom. The van der Waals surface area contributed by atoms with Gasteiger partial charge in [0.05, 0.1) is 0 Å². The SMILES string of the molecule is Cc1ccccc1-c1noc(-c2ccc[nH]c2=O)n1. The van der Waals surface area contributed by atoms with Crippen LogP contribution in [0.2, 0.25) is 0 Å². The molecule has 1 N–H and O–H groups in total. The molecule has 19 heavy (non-hydrogen) atoms. The van der Waals surface area contributed by atoms with Gasteiger partial charge in [-0.3, -0.25) is 4.79 Å². The maximum absolute atomic E-state index is 11.6. The zero-order valence-electron chi connectivity index (χ0n) is 10.3. The first-order valence-corrected chi connectivity index (χ1v) is 5.83. The summed E-state index contributed by atoms with van der Waals surface area (Å²) in [6, 6.07) is 11.1. The van der Waals surface area contributed by atoms with E-state index in [-0.39, 0.29) is 11.4 Å². The molecule has 5 heteroatoms. The Balaban J connectivity index is 2.08. The lowest BCUT2D eigenvalue weighted by Gasteiger charge is -1.97. The Morgan fingerprint density at radius 1 is 1.11 bits per heavy atom. The van der Waals surface area contributed by atoms with Gasteiger partial charge in [0.25, 0.3) is 11.4 Å². The summed E-state index contributed by atoms with van der Waals surface area (Å²) < 4.78 is 5.16. The molecule has 1 aromatic carbocycles. The number of hydrogen-bond acceptors (Lipinski definition) is 4. The first-order chi connectivity index (χ1) is 9.25. The standard InChI is InChI=1S/C14H11N3O2/c1-9-5-2-3-6-10(9)12-16-14(19-17-12)11-7-4-8-15-13(11)18/h2-8H,1H3,(H,15,18). The molecule has 0 aliphatic heterocycles. The number of nitrogens with zero attached hydrogens (tertiary/aromatic N) is 2. The van der Waals surface area contributed by atoms with Gasteiger partial charge in [-0.2, -0.15) is 4.98 Å². The highest BCUT2D eigenvalue weighted by Gasteiger charge is 2.13. The van der Waals surface area contributed by atoms with Crippen LogP contribution in [0.4, 0.5) is 0 Å². The number of nitrogens with one attached hydrogen (secondary N) is 1. The van der Waals surface area contributed by atoms with Crippen LogP contribution < -0.4 is 5.56 Å². The van der Waals surface area contributed by atoms with Gasteiger partial charge in [0.15, 0.2) is 0 Å². The summed E-state index contributed by atoms with van der Waals surface area (Å²) in [7, 11) is 0. The van der Waals surface area contributed by atoms with Crippen molar-refractivity contribution in [1.82, 2.24) is 15.1 Å². The van der Waals surface area contributed by atoms with E-state index in [1.807, 2.05) is 31.2 Å². The Kier molecular flexibility index (Phi) is 2.72. The number of rotatable bonds is 2. The predicted molar refractivity (Wildman–Crippen MR) is 70.5 cm³/mol. The van der Waals surface area contributed by atoms with Crippen molar-refractivity contribution in [2.75, 3.05) is 0 Å². The van der Waals surface area contributed by atoms with Crippen molar-refractivity contribution < 1.29 is 4.52 Å². The topological polar surface area (TPSA) is 71.8 Å². The molecule has 2 heterocycles. The van der Waals surface area contributed by atoms with Gasteiger partial charge < -0.3 is 9.51 Å². The average Bonchev–Trinajstić information content (AvgIpc) is 2.89. The average molecular weight is 253 g/mol. The third-order valence-electron chi connectivity index (χ3n) is 2.86. The largest absolute Gasteiger partial charge is 0.333 e. The number of aryl methyl sites for hydroxylation is 1. The Morgan fingerprint density at radius 2 is 1.89 bits per heavy atom. The fourth-order valence-electron chi connectivity index (χ4n) is 1.86. The van der Waals surface area contributed by atoms with Crippen molar-refractivity contribution >= 4 is 0 Å². The third-order valence-corrected chi connectivity index (χ3v) is 2.86. The summed E-state index contributed by atoms with van der Waals surface area (Å²) in [5, 5.41) is 3.93. The summed E-state index contributed by atoms with van der Waals surface area (Å²) in [6.45, 7) is 1.97. The van der Waals surface area contributed by atoms with Crippen molar-refractivity contribution in [1.29, 1.82) is 0 Å². The van der Waals surface area contributed by atoms with Gasteiger partial charge in [0.2, 0.25) is 5.82 Å². The number of pyridine rings is 1. The van der Waals surface area contributed by atoms with Gasteiger partial charge in [-0.05, 0) is 24.6 Å². The monoisotopic (exact) mass is 253 g/mol. The van der Waals surface area contributed by atoms with E-state index < -0.39 is 0 Å². The molecule has 3 aromatic rings. The number of aromatic amines is 1. The first kappa shape index (κ1) is 11.4. The van der Waals surface area contributed by atoms with Crippen LogP contribution in [0, 0.1) is 6.92 Å². The Labute approximate surface area is 108 Å². The predicted octanol–water partition coefficient (Wildman–Crippen LogP) is 2.40. The molecule has 0 aliphatic rings. The third kappa shape index (κ3) is 2.06. The highest BCUT2D eigenvalue weighted by atomic mass is 16.5. The molecule has 2 aromatic heterocycles. The molecular formula is C14H11N3O2. The van der Waals surface area contributed by atoms with E-state index in [1.165, 1.54) is 0 Å². The molecule has 0 atom stereocenters. The molecule has 3 rings (SSSR count). The van der Waals surface area contributed by atoms with E-state index in [0.29, 0.717) is 11.4 Å². The molecular weight excluding hydrogens is 242 g/mol. The molecule has 94 valence electrons. The van der Waals surface area contributed by atoms with Crippen LogP contribution >= 0.6 is 0 Å². The molecule has 0 radical (unpaired) electrons. The van der Waals surface area contributed by atoms with Crippen molar-refractivity contribution in [2.45, 2.75) is 6.92 Å². The van der Waals surface area contributed by atoms with Crippen LogP contribution in [0.5, 0.6) is 0 Å². The summed E-state index contributed by atoms with van der Waals surface area (Å²) in [4.78, 5) is 18.5. The van der Waals surface area contributed by atoms with E-state index in [1.54, 1.807) is 18.3 Å². The van der Waals surface area contributed by atoms with Crippen LogP contribution in [-0.4, -0.2) is 15.1 Å². The van der Waals surface area contributed by atoms with Crippen molar-refractivity contribution in [2.24, 2.45) is 0 Å². The van der Waals surface area contributed by atoms with Crippen LogP contribution in [0.15, 0.2) is 51.9 Å². The summed E-state index contributed by atoms with van der Waals surface area (Å²) >= 11 is 0. The fourth-order valence-corrected chi connectivity index (χ4v) is 1.86. The quantitative estimate of drug-likeness (QED) is 0.761. The van der Waals surface area contributed by atoms with Gasteiger partial charge in [0, 0.05) is 11.8 Å². The summed E-state index contributed by atoms with van der Waals surface area (Å²) in [6.07, 6.45) is 1.56. The summed E-state index contributed by atoms with van der Waals surface area (Å²) in [5.41, 5.74) is 2.07. The highest BCUT2D eigenvalue weighted by Crippen LogP contribution is 2.22. The Bertz CT molecular complexity index is 774. The molecule has 0 amide bonds. The van der Waals surface area contributed by atoms with Gasteiger partial charge in [-0.25, -0.2) is 0 Å². The van der Waals surface area contributed by atoms with Gasteiger partial charge in [0.1, 0.15) is 5.56 Å². The molecule has 0 spiro atoms. The minimum Gasteiger partial charge on any atom is -0.333 e. The maximum atomic E-state index is 11.6. The van der Waals surface area contributed by atoms with E-state index in [2.05, 4.69) is 15.1 Å². The lowest BCUT2D eigenvalue weighted by Crippen LogP contribution is -2.06. The van der Waals surface area contributed by atoms with E-state index in [4.69, 9.17) is 4.52 Å². The second-order valence-electron chi connectivity index (χ2n) is 4.15. The highest BCUT2D eigenvalue weighted by molar-refractivity contribution is 5.62. The summed E-state index contributed by atoms with van der Waals surface area (Å²) in [5.74, 6) is 0.705. The zero-order chi connectivity index (χ0) is 13.2. The second-order valence-corrected chi connectivity index (χ2v) is 4.15. The van der Waals surface area contributed by atoms with E-state index in [9.17, 15) is 4.79 Å². The molecule has 0 unspecified atom stereocenters. The number of benzene rings is 1. The van der Waals surface area contributed by atoms with Crippen molar-refractivity contribution in [3.8, 4) is 22.8 Å². The number of H-pyrrole nitrogens is 1. The van der Waals surface area contributed by atoms with Gasteiger partial charge in [-0.15, -0.1) is 0 Å². The van der Waals surface area contributed by atoms with Gasteiger partial charge in [-0.1, -0.05) is 29.4 Å². The zero-order valence-corrected chi connectivity index (χ0v) is 10.3. The minimum atomic E-state index is -0.248. The molecule has 0 aliphatic carbocycles. The maximum Gasteiger partial charge on any atom is 0.263 e.